The Bertz CT molecular complexity index is 614. The first kappa shape index (κ1) is 9.10. The van der Waals surface area contributed by atoms with E-state index in [1.165, 1.54) is 16.5 Å². The molecule has 0 aliphatic rings. The summed E-state index contributed by atoms with van der Waals surface area (Å²) in [4.78, 5) is 4.36. The Morgan fingerprint density at radius 2 is 1.94 bits per heavy atom. The number of pyridine rings is 1. The second-order valence-corrected chi connectivity index (χ2v) is 3.70. The molecule has 1 nitrogen and oxygen atoms in total. The second kappa shape index (κ2) is 3.78. The molecule has 16 heavy (non-hydrogen) atoms. The minimum Gasteiger partial charge on any atom is -0.256 e. The summed E-state index contributed by atoms with van der Waals surface area (Å²) in [5, 5.41) is 1.17. The summed E-state index contributed by atoms with van der Waals surface area (Å²) >= 11 is 0. The predicted octanol–water partition coefficient (Wildman–Crippen LogP) is 3.70. The first-order valence-electron chi connectivity index (χ1n) is 5.25. The highest BCUT2D eigenvalue weighted by Crippen LogP contribution is 2.22. The minimum absolute atomic E-state index is 1.03. The zero-order chi connectivity index (χ0) is 10.8. The van der Waals surface area contributed by atoms with Gasteiger partial charge in [-0.2, -0.15) is 0 Å². The Labute approximate surface area is 94.4 Å². The van der Waals surface area contributed by atoms with Crippen molar-refractivity contribution in [1.82, 2.24) is 4.98 Å². The number of nitrogens with zero attached hydrogens (tertiary/aromatic N) is 1. The summed E-state index contributed by atoms with van der Waals surface area (Å²) in [6.07, 6.45) is 1.82. The Kier molecular flexibility index (Phi) is 2.15. The lowest BCUT2D eigenvalue weighted by Crippen LogP contribution is -1.80. The summed E-state index contributed by atoms with van der Waals surface area (Å²) in [5.41, 5.74) is 3.39. The standard InChI is InChI=1S/C15H10N/c1-2-5-12(6-3-1)14-9-8-13-7-4-10-16-15(13)11-14/h1-2,4-11H. The van der Waals surface area contributed by atoms with Gasteiger partial charge in [-0.25, -0.2) is 0 Å². The van der Waals surface area contributed by atoms with Crippen molar-refractivity contribution in [2.75, 3.05) is 0 Å². The number of aromatic nitrogens is 1. The van der Waals surface area contributed by atoms with Gasteiger partial charge < -0.3 is 0 Å². The summed E-state index contributed by atoms with van der Waals surface area (Å²) in [6.45, 7) is 0. The van der Waals surface area contributed by atoms with E-state index in [4.69, 9.17) is 0 Å². The van der Waals surface area contributed by atoms with Gasteiger partial charge in [-0.05, 0) is 35.4 Å². The first-order chi connectivity index (χ1) is 7.93. The molecule has 0 bridgehead atoms. The summed E-state index contributed by atoms with van der Waals surface area (Å²) in [5.74, 6) is 0. The Morgan fingerprint density at radius 1 is 0.938 bits per heavy atom. The fraction of sp³-hybridized carbons (Fsp3) is 0. The van der Waals surface area contributed by atoms with Gasteiger partial charge in [0.15, 0.2) is 0 Å². The normalized spacial score (nSPS) is 10.5. The maximum atomic E-state index is 4.36. The van der Waals surface area contributed by atoms with Gasteiger partial charge in [0.1, 0.15) is 0 Å². The van der Waals surface area contributed by atoms with Crippen molar-refractivity contribution >= 4 is 10.9 Å². The molecule has 0 saturated heterocycles. The Hall–Kier alpha value is -2.15. The molecule has 0 spiro atoms. The Balaban J connectivity index is 2.19. The number of rotatable bonds is 1. The van der Waals surface area contributed by atoms with Crippen LogP contribution >= 0.6 is 0 Å². The van der Waals surface area contributed by atoms with Crippen molar-refractivity contribution in [3.63, 3.8) is 0 Å². The van der Waals surface area contributed by atoms with Crippen LogP contribution in [0.2, 0.25) is 0 Å². The third kappa shape index (κ3) is 1.57. The number of fused-ring (bicyclic) bond motifs is 1. The van der Waals surface area contributed by atoms with Crippen molar-refractivity contribution in [3.8, 4) is 11.1 Å². The van der Waals surface area contributed by atoms with E-state index in [9.17, 15) is 0 Å². The van der Waals surface area contributed by atoms with Gasteiger partial charge in [-0.3, -0.25) is 4.98 Å². The van der Waals surface area contributed by atoms with Crippen LogP contribution in [0.25, 0.3) is 22.0 Å². The molecule has 75 valence electrons. The second-order valence-electron chi connectivity index (χ2n) is 3.70. The van der Waals surface area contributed by atoms with Crippen LogP contribution in [0, 0.1) is 6.07 Å². The van der Waals surface area contributed by atoms with Gasteiger partial charge in [0.25, 0.3) is 0 Å². The van der Waals surface area contributed by atoms with E-state index in [1.807, 2.05) is 30.5 Å². The van der Waals surface area contributed by atoms with Crippen molar-refractivity contribution in [2.24, 2.45) is 0 Å². The molecule has 0 saturated carbocycles. The quantitative estimate of drug-likeness (QED) is 0.589. The summed E-state index contributed by atoms with van der Waals surface area (Å²) < 4.78 is 0. The molecule has 0 fully saturated rings. The van der Waals surface area contributed by atoms with Crippen LogP contribution < -0.4 is 0 Å². The number of benzene rings is 2. The van der Waals surface area contributed by atoms with Gasteiger partial charge in [-0.1, -0.05) is 36.4 Å². The zero-order valence-corrected chi connectivity index (χ0v) is 8.72. The molecule has 0 amide bonds. The van der Waals surface area contributed by atoms with E-state index in [2.05, 4.69) is 41.4 Å². The SMILES string of the molecule is [c]1cccc(-c2ccc3cccnc3c2)c1. The molecular weight excluding hydrogens is 194 g/mol. The van der Waals surface area contributed by atoms with E-state index in [0.717, 1.165) is 5.52 Å². The Morgan fingerprint density at radius 3 is 2.81 bits per heavy atom. The lowest BCUT2D eigenvalue weighted by molar-refractivity contribution is 1.41. The predicted molar refractivity (Wildman–Crippen MR) is 66.0 cm³/mol. The van der Waals surface area contributed by atoms with Crippen LogP contribution in [0.1, 0.15) is 0 Å². The van der Waals surface area contributed by atoms with Crippen molar-refractivity contribution in [2.45, 2.75) is 0 Å². The van der Waals surface area contributed by atoms with Crippen LogP contribution in [0.5, 0.6) is 0 Å². The minimum atomic E-state index is 1.03. The monoisotopic (exact) mass is 204 g/mol. The fourth-order valence-corrected chi connectivity index (χ4v) is 1.82. The molecule has 3 aromatic rings. The van der Waals surface area contributed by atoms with Crippen LogP contribution in [0.3, 0.4) is 0 Å². The maximum absolute atomic E-state index is 4.36. The van der Waals surface area contributed by atoms with E-state index >= 15 is 0 Å². The third-order valence-electron chi connectivity index (χ3n) is 2.65. The highest BCUT2D eigenvalue weighted by atomic mass is 14.6. The molecule has 0 aliphatic carbocycles. The van der Waals surface area contributed by atoms with Crippen LogP contribution in [-0.4, -0.2) is 4.98 Å². The largest absolute Gasteiger partial charge is 0.256 e. The fourth-order valence-electron chi connectivity index (χ4n) is 1.82. The zero-order valence-electron chi connectivity index (χ0n) is 8.72. The highest BCUT2D eigenvalue weighted by Gasteiger charge is 1.98. The lowest BCUT2D eigenvalue weighted by Gasteiger charge is -2.02. The molecule has 0 unspecified atom stereocenters. The van der Waals surface area contributed by atoms with E-state index in [1.54, 1.807) is 0 Å². The van der Waals surface area contributed by atoms with Crippen LogP contribution in [0.4, 0.5) is 0 Å². The molecule has 1 aromatic heterocycles. The van der Waals surface area contributed by atoms with Crippen molar-refractivity contribution in [3.05, 3.63) is 66.9 Å². The van der Waals surface area contributed by atoms with Gasteiger partial charge >= 0.3 is 0 Å². The average Bonchev–Trinajstić information content (AvgIpc) is 2.39. The molecule has 3 rings (SSSR count). The van der Waals surface area contributed by atoms with Crippen LogP contribution in [0.15, 0.2) is 60.8 Å². The molecule has 0 N–H and O–H groups in total. The maximum Gasteiger partial charge on any atom is 0.0708 e. The topological polar surface area (TPSA) is 12.9 Å². The molecule has 1 heteroatoms. The van der Waals surface area contributed by atoms with E-state index in [0.29, 0.717) is 0 Å². The smallest absolute Gasteiger partial charge is 0.0708 e. The summed E-state index contributed by atoms with van der Waals surface area (Å²) in [7, 11) is 0. The number of hydrogen-bond acceptors (Lipinski definition) is 1. The third-order valence-corrected chi connectivity index (χ3v) is 2.65. The molecule has 1 heterocycles. The van der Waals surface area contributed by atoms with Crippen LogP contribution in [-0.2, 0) is 0 Å². The van der Waals surface area contributed by atoms with Crippen molar-refractivity contribution in [1.29, 1.82) is 0 Å². The van der Waals surface area contributed by atoms with Gasteiger partial charge in [0.2, 0.25) is 0 Å². The van der Waals surface area contributed by atoms with Gasteiger partial charge in [0.05, 0.1) is 5.52 Å². The molecular formula is C15H10N. The summed E-state index contributed by atoms with van der Waals surface area (Å²) in [6, 6.07) is 21.4. The molecule has 1 radical (unpaired) electrons. The van der Waals surface area contributed by atoms with Gasteiger partial charge in [-0.15, -0.1) is 0 Å². The van der Waals surface area contributed by atoms with E-state index < -0.39 is 0 Å². The van der Waals surface area contributed by atoms with Crippen molar-refractivity contribution < 1.29 is 0 Å². The highest BCUT2D eigenvalue weighted by molar-refractivity contribution is 5.83. The lowest BCUT2D eigenvalue weighted by atomic mass is 10.0. The molecule has 2 aromatic carbocycles. The average molecular weight is 204 g/mol. The van der Waals surface area contributed by atoms with Gasteiger partial charge in [0, 0.05) is 11.6 Å². The first-order valence-corrected chi connectivity index (χ1v) is 5.25. The number of hydrogen-bond donors (Lipinski definition) is 0. The molecule has 0 atom stereocenters. The molecule has 0 aliphatic heterocycles. The van der Waals surface area contributed by atoms with E-state index in [-0.39, 0.29) is 0 Å².